The first-order valence-corrected chi connectivity index (χ1v) is 6.97. The van der Waals surface area contributed by atoms with Crippen molar-refractivity contribution in [3.63, 3.8) is 0 Å². The van der Waals surface area contributed by atoms with Crippen LogP contribution in [0.3, 0.4) is 0 Å². The van der Waals surface area contributed by atoms with E-state index < -0.39 is 0 Å². The van der Waals surface area contributed by atoms with Crippen LogP contribution in [0.5, 0.6) is 5.75 Å². The monoisotopic (exact) mass is 248 g/mol. The van der Waals surface area contributed by atoms with Crippen LogP contribution in [0, 0.1) is 0 Å². The number of nitrogens with one attached hydrogen (secondary N) is 1. The molecule has 0 saturated carbocycles. The van der Waals surface area contributed by atoms with Gasteiger partial charge in [-0.1, -0.05) is 12.1 Å². The molecule has 1 aromatic rings. The summed E-state index contributed by atoms with van der Waals surface area (Å²) in [7, 11) is 2.15. The maximum absolute atomic E-state index is 5.67. The van der Waals surface area contributed by atoms with Gasteiger partial charge in [-0.25, -0.2) is 0 Å². The second-order valence-corrected chi connectivity index (χ2v) is 4.90. The van der Waals surface area contributed by atoms with Gasteiger partial charge in [0.1, 0.15) is 5.75 Å². The highest BCUT2D eigenvalue weighted by molar-refractivity contribution is 5.57. The maximum Gasteiger partial charge on any atom is 0.142 e. The van der Waals surface area contributed by atoms with Crippen molar-refractivity contribution in [3.8, 4) is 5.75 Å². The molecule has 0 amide bonds. The number of para-hydroxylation sites is 2. The van der Waals surface area contributed by atoms with Crippen molar-refractivity contribution in [3.05, 3.63) is 24.3 Å². The average molecular weight is 248 g/mol. The molecule has 1 fully saturated rings. The van der Waals surface area contributed by atoms with Crippen molar-refractivity contribution >= 4 is 5.69 Å². The summed E-state index contributed by atoms with van der Waals surface area (Å²) in [4.78, 5) is 2.30. The van der Waals surface area contributed by atoms with E-state index in [1.165, 1.54) is 31.5 Å². The Hall–Kier alpha value is -1.22. The van der Waals surface area contributed by atoms with Crippen LogP contribution in [0.4, 0.5) is 5.69 Å². The molecule has 18 heavy (non-hydrogen) atoms. The van der Waals surface area contributed by atoms with Gasteiger partial charge in [-0.2, -0.15) is 0 Å². The van der Waals surface area contributed by atoms with Crippen LogP contribution < -0.4 is 15.0 Å². The molecule has 0 aliphatic carbocycles. The Kier molecular flexibility index (Phi) is 4.88. The first kappa shape index (κ1) is 13.2. The third kappa shape index (κ3) is 3.39. The SMILES string of the molecule is CCOc1ccccc1N(C)CCC1CCCN1. The van der Waals surface area contributed by atoms with E-state index in [9.17, 15) is 0 Å². The molecule has 3 nitrogen and oxygen atoms in total. The summed E-state index contributed by atoms with van der Waals surface area (Å²) in [6, 6.07) is 8.98. The lowest BCUT2D eigenvalue weighted by Crippen LogP contribution is -2.28. The minimum absolute atomic E-state index is 0.701. The van der Waals surface area contributed by atoms with Crippen LogP contribution in [0.1, 0.15) is 26.2 Å². The second-order valence-electron chi connectivity index (χ2n) is 4.90. The number of benzene rings is 1. The lowest BCUT2D eigenvalue weighted by atomic mass is 10.1. The molecule has 2 rings (SSSR count). The second kappa shape index (κ2) is 6.64. The third-order valence-electron chi connectivity index (χ3n) is 3.55. The molecule has 3 heteroatoms. The maximum atomic E-state index is 5.67. The van der Waals surface area contributed by atoms with E-state index >= 15 is 0 Å². The predicted octanol–water partition coefficient (Wildman–Crippen LogP) is 2.66. The van der Waals surface area contributed by atoms with Crippen molar-refractivity contribution < 1.29 is 4.74 Å². The zero-order chi connectivity index (χ0) is 12.8. The van der Waals surface area contributed by atoms with Crippen molar-refractivity contribution in [2.45, 2.75) is 32.2 Å². The molecule has 0 spiro atoms. The highest BCUT2D eigenvalue weighted by Gasteiger charge is 2.15. The number of rotatable bonds is 6. The fourth-order valence-corrected chi connectivity index (χ4v) is 2.52. The van der Waals surface area contributed by atoms with E-state index in [0.717, 1.165) is 18.9 Å². The summed E-state index contributed by atoms with van der Waals surface area (Å²) in [5.41, 5.74) is 1.19. The lowest BCUT2D eigenvalue weighted by molar-refractivity contribution is 0.340. The van der Waals surface area contributed by atoms with Gasteiger partial charge in [-0.15, -0.1) is 0 Å². The van der Waals surface area contributed by atoms with Gasteiger partial charge in [0.25, 0.3) is 0 Å². The summed E-state index contributed by atoms with van der Waals surface area (Å²) in [6.45, 7) is 5.00. The Morgan fingerprint density at radius 1 is 1.39 bits per heavy atom. The summed E-state index contributed by atoms with van der Waals surface area (Å²) >= 11 is 0. The lowest BCUT2D eigenvalue weighted by Gasteiger charge is -2.23. The van der Waals surface area contributed by atoms with Crippen molar-refractivity contribution in [1.82, 2.24) is 5.32 Å². The fraction of sp³-hybridized carbons (Fsp3) is 0.600. The van der Waals surface area contributed by atoms with Gasteiger partial charge in [-0.3, -0.25) is 0 Å². The number of ether oxygens (including phenoxy) is 1. The highest BCUT2D eigenvalue weighted by atomic mass is 16.5. The molecule has 100 valence electrons. The normalized spacial score (nSPS) is 18.9. The Labute approximate surface area is 110 Å². The third-order valence-corrected chi connectivity index (χ3v) is 3.55. The largest absolute Gasteiger partial charge is 0.492 e. The summed E-state index contributed by atoms with van der Waals surface area (Å²) in [5, 5.41) is 3.55. The van der Waals surface area contributed by atoms with Crippen LogP contribution in [0.2, 0.25) is 0 Å². The van der Waals surface area contributed by atoms with Gasteiger partial charge in [0.15, 0.2) is 0 Å². The molecule has 1 N–H and O–H groups in total. The van der Waals surface area contributed by atoms with Crippen LogP contribution in [-0.4, -0.2) is 32.8 Å². The van der Waals surface area contributed by atoms with E-state index in [1.54, 1.807) is 0 Å². The Bertz CT molecular complexity index is 361. The molecule has 0 radical (unpaired) electrons. The van der Waals surface area contributed by atoms with Crippen LogP contribution in [0.15, 0.2) is 24.3 Å². The van der Waals surface area contributed by atoms with Gasteiger partial charge in [0.05, 0.1) is 12.3 Å². The first-order valence-electron chi connectivity index (χ1n) is 6.97. The summed E-state index contributed by atoms with van der Waals surface area (Å²) in [6.07, 6.45) is 3.85. The summed E-state index contributed by atoms with van der Waals surface area (Å²) < 4.78 is 5.67. The topological polar surface area (TPSA) is 24.5 Å². The van der Waals surface area contributed by atoms with Gasteiger partial charge in [0.2, 0.25) is 0 Å². The van der Waals surface area contributed by atoms with Crippen molar-refractivity contribution in [2.24, 2.45) is 0 Å². The zero-order valence-corrected chi connectivity index (χ0v) is 11.5. The van der Waals surface area contributed by atoms with Crippen molar-refractivity contribution in [1.29, 1.82) is 0 Å². The highest BCUT2D eigenvalue weighted by Crippen LogP contribution is 2.27. The van der Waals surface area contributed by atoms with E-state index in [4.69, 9.17) is 4.74 Å². The number of hydrogen-bond donors (Lipinski definition) is 1. The molecule has 1 aromatic carbocycles. The van der Waals surface area contributed by atoms with Gasteiger partial charge in [0, 0.05) is 19.6 Å². The van der Waals surface area contributed by atoms with Crippen molar-refractivity contribution in [2.75, 3.05) is 31.6 Å². The van der Waals surface area contributed by atoms with E-state index in [1.807, 2.05) is 19.1 Å². The average Bonchev–Trinajstić information content (AvgIpc) is 2.90. The first-order chi connectivity index (χ1) is 8.81. The number of hydrogen-bond acceptors (Lipinski definition) is 3. The molecular formula is C15H24N2O. The van der Waals surface area contributed by atoms with E-state index in [2.05, 4.69) is 29.4 Å². The molecule has 1 unspecified atom stereocenters. The Morgan fingerprint density at radius 2 is 2.22 bits per heavy atom. The van der Waals surface area contributed by atoms with E-state index in [-0.39, 0.29) is 0 Å². The molecule has 1 saturated heterocycles. The summed E-state index contributed by atoms with van der Waals surface area (Å²) in [5.74, 6) is 0.988. The van der Waals surface area contributed by atoms with Gasteiger partial charge >= 0.3 is 0 Å². The van der Waals surface area contributed by atoms with Crippen LogP contribution >= 0.6 is 0 Å². The molecule has 1 heterocycles. The molecule has 1 aliphatic heterocycles. The Balaban J connectivity index is 1.92. The standard InChI is InChI=1S/C15H24N2O/c1-3-18-15-9-5-4-8-14(15)17(2)12-10-13-7-6-11-16-13/h4-5,8-9,13,16H,3,6-7,10-12H2,1-2H3. The molecule has 1 aliphatic rings. The fourth-order valence-electron chi connectivity index (χ4n) is 2.52. The molecule has 0 aromatic heterocycles. The number of nitrogens with zero attached hydrogens (tertiary/aromatic N) is 1. The smallest absolute Gasteiger partial charge is 0.142 e. The molecular weight excluding hydrogens is 224 g/mol. The Morgan fingerprint density at radius 3 is 2.94 bits per heavy atom. The van der Waals surface area contributed by atoms with E-state index in [0.29, 0.717) is 6.04 Å². The predicted molar refractivity (Wildman–Crippen MR) is 76.5 cm³/mol. The minimum Gasteiger partial charge on any atom is -0.492 e. The van der Waals surface area contributed by atoms with Crippen LogP contribution in [-0.2, 0) is 0 Å². The van der Waals surface area contributed by atoms with Gasteiger partial charge < -0.3 is 15.0 Å². The van der Waals surface area contributed by atoms with Gasteiger partial charge in [-0.05, 0) is 44.9 Å². The zero-order valence-electron chi connectivity index (χ0n) is 11.5. The van der Waals surface area contributed by atoms with Crippen LogP contribution in [0.25, 0.3) is 0 Å². The molecule has 0 bridgehead atoms. The number of anilines is 1. The molecule has 1 atom stereocenters. The minimum atomic E-state index is 0.701. The quantitative estimate of drug-likeness (QED) is 0.837.